The first-order valence-electron chi connectivity index (χ1n) is 9.03. The lowest BCUT2D eigenvalue weighted by Crippen LogP contribution is -2.36. The molecular weight excluding hydrogens is 440 g/mol. The van der Waals surface area contributed by atoms with E-state index in [4.69, 9.17) is 4.74 Å². The molecular formula is C21H19BrN2O3S. The van der Waals surface area contributed by atoms with Crippen molar-refractivity contribution in [3.05, 3.63) is 69.0 Å². The van der Waals surface area contributed by atoms with Crippen molar-refractivity contribution in [2.75, 3.05) is 31.2 Å². The molecule has 2 aromatic rings. The highest BCUT2D eigenvalue weighted by Gasteiger charge is 2.35. The van der Waals surface area contributed by atoms with E-state index in [0.29, 0.717) is 4.91 Å². The van der Waals surface area contributed by atoms with Crippen LogP contribution in [0.1, 0.15) is 11.1 Å². The Balaban J connectivity index is 1.47. The number of nitrogens with zero attached hydrogens (tertiary/aromatic N) is 2. The Morgan fingerprint density at radius 1 is 1.07 bits per heavy atom. The van der Waals surface area contributed by atoms with Gasteiger partial charge in [0.15, 0.2) is 0 Å². The molecule has 0 aliphatic carbocycles. The van der Waals surface area contributed by atoms with Crippen LogP contribution >= 0.6 is 27.7 Å². The molecule has 0 N–H and O–H groups in total. The van der Waals surface area contributed by atoms with E-state index in [0.717, 1.165) is 59.4 Å². The van der Waals surface area contributed by atoms with Crippen LogP contribution in [0.2, 0.25) is 0 Å². The summed E-state index contributed by atoms with van der Waals surface area (Å²) >= 11 is 4.41. The highest BCUT2D eigenvalue weighted by molar-refractivity contribution is 9.10. The quantitative estimate of drug-likeness (QED) is 0.630. The monoisotopic (exact) mass is 458 g/mol. The van der Waals surface area contributed by atoms with E-state index in [1.165, 1.54) is 4.90 Å². The first kappa shape index (κ1) is 19.2. The van der Waals surface area contributed by atoms with E-state index in [-0.39, 0.29) is 17.7 Å². The van der Waals surface area contributed by atoms with Crippen molar-refractivity contribution in [2.45, 2.75) is 6.54 Å². The Labute approximate surface area is 176 Å². The first-order valence-corrected chi connectivity index (χ1v) is 10.6. The van der Waals surface area contributed by atoms with Gasteiger partial charge in [0.05, 0.1) is 24.7 Å². The number of hydrogen-bond donors (Lipinski definition) is 0. The van der Waals surface area contributed by atoms with Crippen molar-refractivity contribution < 1.29 is 14.3 Å². The van der Waals surface area contributed by atoms with Crippen LogP contribution in [0.25, 0.3) is 6.08 Å². The van der Waals surface area contributed by atoms with Gasteiger partial charge in [-0.1, -0.05) is 40.2 Å². The average molecular weight is 459 g/mol. The fourth-order valence-corrected chi connectivity index (χ4v) is 4.49. The van der Waals surface area contributed by atoms with Gasteiger partial charge in [0.1, 0.15) is 0 Å². The smallest absolute Gasteiger partial charge is 0.293 e. The van der Waals surface area contributed by atoms with Gasteiger partial charge in [-0.15, -0.1) is 0 Å². The Kier molecular flexibility index (Phi) is 5.85. The zero-order chi connectivity index (χ0) is 19.5. The minimum absolute atomic E-state index is 0.235. The van der Waals surface area contributed by atoms with Crippen molar-refractivity contribution >= 4 is 50.6 Å². The van der Waals surface area contributed by atoms with Gasteiger partial charge in [-0.2, -0.15) is 0 Å². The number of morpholine rings is 1. The zero-order valence-electron chi connectivity index (χ0n) is 15.1. The molecule has 0 unspecified atom stereocenters. The van der Waals surface area contributed by atoms with Gasteiger partial charge < -0.3 is 9.64 Å². The molecule has 0 aromatic heterocycles. The molecule has 4 rings (SSSR count). The van der Waals surface area contributed by atoms with Crippen LogP contribution in [-0.2, 0) is 16.1 Å². The first-order chi connectivity index (χ1) is 13.6. The Bertz CT molecular complexity index is 924. The summed E-state index contributed by atoms with van der Waals surface area (Å²) in [4.78, 5) is 29.1. The van der Waals surface area contributed by atoms with Crippen molar-refractivity contribution in [2.24, 2.45) is 0 Å². The summed E-state index contributed by atoms with van der Waals surface area (Å²) in [5.41, 5.74) is 2.96. The summed E-state index contributed by atoms with van der Waals surface area (Å²) in [5.74, 6) is -0.243. The van der Waals surface area contributed by atoms with Crippen molar-refractivity contribution in [1.29, 1.82) is 0 Å². The molecule has 2 saturated heterocycles. The van der Waals surface area contributed by atoms with Crippen LogP contribution in [0.4, 0.5) is 10.5 Å². The van der Waals surface area contributed by atoms with Gasteiger partial charge >= 0.3 is 0 Å². The maximum Gasteiger partial charge on any atom is 0.293 e. The lowest BCUT2D eigenvalue weighted by atomic mass is 10.1. The maximum atomic E-state index is 12.7. The highest BCUT2D eigenvalue weighted by atomic mass is 79.9. The molecule has 2 aliphatic heterocycles. The van der Waals surface area contributed by atoms with Crippen LogP contribution in [0.5, 0.6) is 0 Å². The number of ether oxygens (including phenoxy) is 1. The lowest BCUT2D eigenvalue weighted by molar-refractivity contribution is -0.123. The molecule has 2 heterocycles. The fraction of sp³-hybridized carbons (Fsp3) is 0.238. The Hall–Kier alpha value is -2.09. The van der Waals surface area contributed by atoms with Crippen LogP contribution < -0.4 is 4.90 Å². The van der Waals surface area contributed by atoms with E-state index in [9.17, 15) is 9.59 Å². The second-order valence-electron chi connectivity index (χ2n) is 6.59. The molecule has 7 heteroatoms. The largest absolute Gasteiger partial charge is 0.378 e. The third-order valence-corrected chi connectivity index (χ3v) is 6.07. The van der Waals surface area contributed by atoms with Crippen LogP contribution in [0.3, 0.4) is 0 Å². The molecule has 2 aromatic carbocycles. The summed E-state index contributed by atoms with van der Waals surface area (Å²) in [6, 6.07) is 15.7. The molecule has 0 saturated carbocycles. The molecule has 0 radical (unpaired) electrons. The topological polar surface area (TPSA) is 49.9 Å². The van der Waals surface area contributed by atoms with Gasteiger partial charge in [-0.05, 0) is 53.2 Å². The number of imide groups is 1. The molecule has 144 valence electrons. The summed E-state index contributed by atoms with van der Waals surface area (Å²) in [7, 11) is 0. The number of hydrogen-bond acceptors (Lipinski definition) is 5. The predicted molar refractivity (Wildman–Crippen MR) is 115 cm³/mol. The number of carbonyl (C=O) groups is 2. The van der Waals surface area contributed by atoms with E-state index >= 15 is 0 Å². The van der Waals surface area contributed by atoms with E-state index < -0.39 is 0 Å². The SMILES string of the molecule is O=C1S/C(=C/c2ccc(N3CCOCC3)cc2)C(=O)N1Cc1cccc(Br)c1. The summed E-state index contributed by atoms with van der Waals surface area (Å²) in [6.45, 7) is 3.53. The van der Waals surface area contributed by atoms with Gasteiger partial charge in [-0.25, -0.2) is 0 Å². The van der Waals surface area contributed by atoms with Crippen LogP contribution in [0, 0.1) is 0 Å². The third-order valence-electron chi connectivity index (χ3n) is 4.67. The summed E-state index contributed by atoms with van der Waals surface area (Å²) in [6.07, 6.45) is 1.79. The predicted octanol–water partition coefficient (Wildman–Crippen LogP) is 4.52. The molecule has 2 fully saturated rings. The van der Waals surface area contributed by atoms with Gasteiger partial charge in [0, 0.05) is 23.2 Å². The van der Waals surface area contributed by atoms with Crippen LogP contribution in [0.15, 0.2) is 57.9 Å². The molecule has 0 bridgehead atoms. The number of rotatable bonds is 4. The van der Waals surface area contributed by atoms with E-state index in [1.807, 2.05) is 48.5 Å². The minimum atomic E-state index is -0.243. The minimum Gasteiger partial charge on any atom is -0.378 e. The maximum absolute atomic E-state index is 12.7. The lowest BCUT2D eigenvalue weighted by Gasteiger charge is -2.28. The normalized spacial score (nSPS) is 19.0. The number of amides is 2. The van der Waals surface area contributed by atoms with Crippen molar-refractivity contribution in [1.82, 2.24) is 4.90 Å². The highest BCUT2D eigenvalue weighted by Crippen LogP contribution is 2.33. The summed E-state index contributed by atoms with van der Waals surface area (Å²) in [5, 5.41) is -0.235. The molecule has 0 spiro atoms. The molecule has 2 aliphatic rings. The van der Waals surface area contributed by atoms with Crippen molar-refractivity contribution in [3.63, 3.8) is 0 Å². The molecule has 5 nitrogen and oxygen atoms in total. The Morgan fingerprint density at radius 3 is 2.54 bits per heavy atom. The second kappa shape index (κ2) is 8.51. The number of halogens is 1. The number of thioether (sulfide) groups is 1. The Morgan fingerprint density at radius 2 is 1.82 bits per heavy atom. The molecule has 2 amide bonds. The van der Waals surface area contributed by atoms with Crippen molar-refractivity contribution in [3.8, 4) is 0 Å². The second-order valence-corrected chi connectivity index (χ2v) is 8.50. The standard InChI is InChI=1S/C21H19BrN2O3S/c22-17-3-1-2-16(12-17)14-24-20(25)19(28-21(24)26)13-15-4-6-18(7-5-15)23-8-10-27-11-9-23/h1-7,12-13H,8-11,14H2/b19-13+. The van der Waals surface area contributed by atoms with E-state index in [2.05, 4.69) is 20.8 Å². The molecule has 0 atom stereocenters. The average Bonchev–Trinajstić information content (AvgIpc) is 2.97. The zero-order valence-corrected chi connectivity index (χ0v) is 17.5. The number of anilines is 1. The van der Waals surface area contributed by atoms with Gasteiger partial charge in [0.2, 0.25) is 0 Å². The van der Waals surface area contributed by atoms with Gasteiger partial charge in [-0.3, -0.25) is 14.5 Å². The van der Waals surface area contributed by atoms with Crippen LogP contribution in [-0.4, -0.2) is 42.3 Å². The molecule has 28 heavy (non-hydrogen) atoms. The third kappa shape index (κ3) is 4.32. The van der Waals surface area contributed by atoms with E-state index in [1.54, 1.807) is 6.08 Å². The fourth-order valence-electron chi connectivity index (χ4n) is 3.21. The summed E-state index contributed by atoms with van der Waals surface area (Å²) < 4.78 is 6.31. The van der Waals surface area contributed by atoms with Gasteiger partial charge in [0.25, 0.3) is 11.1 Å². The number of benzene rings is 2. The number of carbonyl (C=O) groups excluding carboxylic acids is 2.